The van der Waals surface area contributed by atoms with Crippen molar-refractivity contribution in [2.24, 2.45) is 11.3 Å². The molecule has 3 N–H and O–H groups in total. The Bertz CT molecular complexity index is 353. The number of nitrogens with one attached hydrogen (secondary N) is 1. The SMILES string of the molecule is O=C(NCC1(C(=O)O)CC1)N1CCCC(CCO)C1. The molecule has 108 valence electrons. The number of amides is 2. The van der Waals surface area contributed by atoms with E-state index in [0.29, 0.717) is 31.8 Å². The molecule has 2 fully saturated rings. The van der Waals surface area contributed by atoms with Crippen LogP contribution in [0.3, 0.4) is 0 Å². The molecule has 2 amide bonds. The first-order valence-electron chi connectivity index (χ1n) is 6.94. The average Bonchev–Trinajstić information content (AvgIpc) is 3.18. The lowest BCUT2D eigenvalue weighted by Crippen LogP contribution is -2.47. The van der Waals surface area contributed by atoms with E-state index < -0.39 is 11.4 Å². The number of aliphatic carboxylic acids is 1. The van der Waals surface area contributed by atoms with E-state index in [0.717, 1.165) is 19.3 Å². The molecule has 0 aromatic carbocycles. The molecule has 0 aromatic rings. The molecule has 6 heteroatoms. The minimum absolute atomic E-state index is 0.155. The number of piperidine rings is 1. The molecule has 1 heterocycles. The number of carbonyl (C=O) groups excluding carboxylic acids is 1. The Hall–Kier alpha value is -1.30. The minimum Gasteiger partial charge on any atom is -0.481 e. The maximum Gasteiger partial charge on any atom is 0.317 e. The number of nitrogens with zero attached hydrogens (tertiary/aromatic N) is 1. The lowest BCUT2D eigenvalue weighted by Gasteiger charge is -2.32. The van der Waals surface area contributed by atoms with Crippen LogP contribution in [0.1, 0.15) is 32.1 Å². The summed E-state index contributed by atoms with van der Waals surface area (Å²) in [7, 11) is 0. The fourth-order valence-corrected chi connectivity index (χ4v) is 2.64. The zero-order valence-electron chi connectivity index (χ0n) is 11.1. The molecular formula is C13H22N2O4. The monoisotopic (exact) mass is 270 g/mol. The minimum atomic E-state index is -0.815. The zero-order valence-corrected chi connectivity index (χ0v) is 11.1. The number of likely N-dealkylation sites (tertiary alicyclic amines) is 1. The summed E-state index contributed by atoms with van der Waals surface area (Å²) in [5.41, 5.74) is -0.712. The smallest absolute Gasteiger partial charge is 0.317 e. The second-order valence-electron chi connectivity index (χ2n) is 5.71. The predicted molar refractivity (Wildman–Crippen MR) is 68.7 cm³/mol. The van der Waals surface area contributed by atoms with Crippen molar-refractivity contribution in [2.75, 3.05) is 26.2 Å². The molecule has 1 unspecified atom stereocenters. The Labute approximate surface area is 112 Å². The molecule has 0 aromatic heterocycles. The Kier molecular flexibility index (Phi) is 4.29. The van der Waals surface area contributed by atoms with Crippen molar-refractivity contribution in [3.8, 4) is 0 Å². The van der Waals surface area contributed by atoms with E-state index in [4.69, 9.17) is 10.2 Å². The van der Waals surface area contributed by atoms with E-state index in [1.807, 2.05) is 0 Å². The van der Waals surface area contributed by atoms with E-state index in [1.54, 1.807) is 4.90 Å². The van der Waals surface area contributed by atoms with Gasteiger partial charge >= 0.3 is 12.0 Å². The van der Waals surface area contributed by atoms with E-state index in [1.165, 1.54) is 0 Å². The summed E-state index contributed by atoms with van der Waals surface area (Å²) in [6.45, 7) is 1.75. The van der Waals surface area contributed by atoms with Crippen molar-refractivity contribution in [1.82, 2.24) is 10.2 Å². The van der Waals surface area contributed by atoms with Crippen LogP contribution in [-0.2, 0) is 4.79 Å². The largest absolute Gasteiger partial charge is 0.481 e. The van der Waals surface area contributed by atoms with Gasteiger partial charge in [0.05, 0.1) is 5.41 Å². The maximum atomic E-state index is 12.0. The molecule has 0 radical (unpaired) electrons. The standard InChI is InChI=1S/C13H22N2O4/c16-7-3-10-2-1-6-15(8-10)12(19)14-9-13(4-5-13)11(17)18/h10,16H,1-9H2,(H,14,19)(H,17,18). The van der Waals surface area contributed by atoms with Crippen molar-refractivity contribution in [3.63, 3.8) is 0 Å². The number of aliphatic hydroxyl groups is 1. The van der Waals surface area contributed by atoms with Crippen LogP contribution in [0.5, 0.6) is 0 Å². The number of rotatable bonds is 5. The molecule has 2 rings (SSSR count). The van der Waals surface area contributed by atoms with Crippen molar-refractivity contribution in [3.05, 3.63) is 0 Å². The highest BCUT2D eigenvalue weighted by molar-refractivity contribution is 5.80. The molecule has 1 saturated carbocycles. The fourth-order valence-electron chi connectivity index (χ4n) is 2.64. The summed E-state index contributed by atoms with van der Waals surface area (Å²) < 4.78 is 0. The topological polar surface area (TPSA) is 89.9 Å². The zero-order chi connectivity index (χ0) is 13.9. The van der Waals surface area contributed by atoms with Gasteiger partial charge in [0.1, 0.15) is 0 Å². The van der Waals surface area contributed by atoms with Crippen molar-refractivity contribution < 1.29 is 19.8 Å². The van der Waals surface area contributed by atoms with Crippen molar-refractivity contribution >= 4 is 12.0 Å². The first-order chi connectivity index (χ1) is 9.07. The van der Waals surface area contributed by atoms with Gasteiger partial charge in [-0.3, -0.25) is 4.79 Å². The van der Waals surface area contributed by atoms with Crippen LogP contribution in [0.4, 0.5) is 4.79 Å². The van der Waals surface area contributed by atoms with Gasteiger partial charge in [0, 0.05) is 26.2 Å². The van der Waals surface area contributed by atoms with Crippen LogP contribution < -0.4 is 5.32 Å². The Morgan fingerprint density at radius 1 is 1.37 bits per heavy atom. The first-order valence-corrected chi connectivity index (χ1v) is 6.94. The van der Waals surface area contributed by atoms with Gasteiger partial charge in [-0.25, -0.2) is 4.79 Å². The van der Waals surface area contributed by atoms with Gasteiger partial charge in [0.2, 0.25) is 0 Å². The number of carbonyl (C=O) groups is 2. The molecule has 0 bridgehead atoms. The number of carboxylic acids is 1. The highest BCUT2D eigenvalue weighted by Gasteiger charge is 2.50. The number of carboxylic acid groups (broad SMARTS) is 1. The molecular weight excluding hydrogens is 248 g/mol. The van der Waals surface area contributed by atoms with Gasteiger partial charge in [-0.05, 0) is 38.0 Å². The van der Waals surface area contributed by atoms with E-state index >= 15 is 0 Å². The fraction of sp³-hybridized carbons (Fsp3) is 0.846. The van der Waals surface area contributed by atoms with Gasteiger partial charge in [0.15, 0.2) is 0 Å². The number of hydrogen-bond acceptors (Lipinski definition) is 3. The molecule has 1 atom stereocenters. The highest BCUT2D eigenvalue weighted by atomic mass is 16.4. The van der Waals surface area contributed by atoms with E-state index in [9.17, 15) is 9.59 Å². The molecule has 1 aliphatic heterocycles. The summed E-state index contributed by atoms with van der Waals surface area (Å²) in [6.07, 6.45) is 4.01. The summed E-state index contributed by atoms with van der Waals surface area (Å²) in [6, 6.07) is -0.171. The maximum absolute atomic E-state index is 12.0. The average molecular weight is 270 g/mol. The quantitative estimate of drug-likeness (QED) is 0.684. The third kappa shape index (κ3) is 3.37. The van der Waals surface area contributed by atoms with Gasteiger partial charge in [-0.15, -0.1) is 0 Å². The second kappa shape index (κ2) is 5.77. The van der Waals surface area contributed by atoms with Crippen molar-refractivity contribution in [2.45, 2.75) is 32.1 Å². The van der Waals surface area contributed by atoms with Crippen LogP contribution in [-0.4, -0.2) is 53.4 Å². The molecule has 1 saturated heterocycles. The molecule has 2 aliphatic rings. The molecule has 6 nitrogen and oxygen atoms in total. The first kappa shape index (κ1) is 14.1. The molecule has 19 heavy (non-hydrogen) atoms. The number of urea groups is 1. The summed E-state index contributed by atoms with van der Waals surface area (Å²) in [5.74, 6) is -0.455. The number of hydrogen-bond donors (Lipinski definition) is 3. The van der Waals surface area contributed by atoms with Gasteiger partial charge in [-0.2, -0.15) is 0 Å². The van der Waals surface area contributed by atoms with Crippen LogP contribution in [0.15, 0.2) is 0 Å². The third-order valence-corrected chi connectivity index (χ3v) is 4.23. The number of aliphatic hydroxyl groups excluding tert-OH is 1. The lowest BCUT2D eigenvalue weighted by molar-refractivity contribution is -0.143. The van der Waals surface area contributed by atoms with Crippen LogP contribution >= 0.6 is 0 Å². The Morgan fingerprint density at radius 3 is 2.68 bits per heavy atom. The third-order valence-electron chi connectivity index (χ3n) is 4.23. The Morgan fingerprint density at radius 2 is 2.11 bits per heavy atom. The lowest BCUT2D eigenvalue weighted by atomic mass is 9.95. The van der Waals surface area contributed by atoms with E-state index in [-0.39, 0.29) is 19.2 Å². The Balaban J connectivity index is 1.78. The predicted octanol–water partition coefficient (Wildman–Crippen LogP) is 0.655. The summed E-state index contributed by atoms with van der Waals surface area (Å²) >= 11 is 0. The van der Waals surface area contributed by atoms with Crippen LogP contribution in [0.2, 0.25) is 0 Å². The van der Waals surface area contributed by atoms with E-state index in [2.05, 4.69) is 5.32 Å². The van der Waals surface area contributed by atoms with Gasteiger partial charge in [0.25, 0.3) is 0 Å². The van der Waals surface area contributed by atoms with Crippen LogP contribution in [0.25, 0.3) is 0 Å². The molecule has 1 aliphatic carbocycles. The van der Waals surface area contributed by atoms with Gasteiger partial charge < -0.3 is 20.4 Å². The highest BCUT2D eigenvalue weighted by Crippen LogP contribution is 2.45. The summed E-state index contributed by atoms with van der Waals surface area (Å²) in [5, 5.41) is 20.7. The van der Waals surface area contributed by atoms with Crippen LogP contribution in [0, 0.1) is 11.3 Å². The normalized spacial score (nSPS) is 24.9. The van der Waals surface area contributed by atoms with Gasteiger partial charge in [-0.1, -0.05) is 0 Å². The summed E-state index contributed by atoms with van der Waals surface area (Å²) in [4.78, 5) is 24.8. The second-order valence-corrected chi connectivity index (χ2v) is 5.71. The molecule has 0 spiro atoms. The van der Waals surface area contributed by atoms with Crippen molar-refractivity contribution in [1.29, 1.82) is 0 Å².